The number of alkyl halides is 3. The molecule has 0 radical (unpaired) electrons. The van der Waals surface area contributed by atoms with Crippen LogP contribution >= 0.6 is 0 Å². The number of ether oxygens (including phenoxy) is 1. The van der Waals surface area contributed by atoms with E-state index in [1.165, 1.54) is 17.7 Å². The van der Waals surface area contributed by atoms with Gasteiger partial charge in [-0.1, -0.05) is 24.3 Å². The van der Waals surface area contributed by atoms with E-state index < -0.39 is 6.36 Å². The average Bonchev–Trinajstić information content (AvgIpc) is 3.16. The molecule has 0 saturated carbocycles. The van der Waals surface area contributed by atoms with E-state index in [1.54, 1.807) is 4.90 Å². The third-order valence-electron chi connectivity index (χ3n) is 4.32. The number of amides is 1. The summed E-state index contributed by atoms with van der Waals surface area (Å²) in [7, 11) is 0. The second-order valence-electron chi connectivity index (χ2n) is 6.19. The molecule has 0 atom stereocenters. The maximum absolute atomic E-state index is 12.7. The summed E-state index contributed by atoms with van der Waals surface area (Å²) >= 11 is 0. The van der Waals surface area contributed by atoms with Gasteiger partial charge in [0, 0.05) is 13.1 Å². The molecule has 0 fully saturated rings. The van der Waals surface area contributed by atoms with Crippen molar-refractivity contribution >= 4 is 5.91 Å². The van der Waals surface area contributed by atoms with Crippen LogP contribution in [0.4, 0.5) is 13.2 Å². The summed E-state index contributed by atoms with van der Waals surface area (Å²) in [6.45, 7) is 1.01. The van der Waals surface area contributed by atoms with Crippen LogP contribution in [0.2, 0.25) is 0 Å². The predicted molar refractivity (Wildman–Crippen MR) is 90.7 cm³/mol. The summed E-state index contributed by atoms with van der Waals surface area (Å²) in [5.41, 5.74) is 2.64. The molecule has 7 nitrogen and oxygen atoms in total. The number of fused-ring (bicyclic) bond motifs is 1. The Kier molecular flexibility index (Phi) is 4.46. The third-order valence-corrected chi connectivity index (χ3v) is 4.32. The Hall–Kier alpha value is -3.43. The summed E-state index contributed by atoms with van der Waals surface area (Å²) in [5, 5.41) is 11.7. The highest BCUT2D eigenvalue weighted by molar-refractivity contribution is 5.90. The van der Waals surface area contributed by atoms with Gasteiger partial charge in [0.25, 0.3) is 11.7 Å². The smallest absolute Gasteiger partial charge is 0.406 e. The molecular formula is C18H14F3N5O2. The minimum Gasteiger partial charge on any atom is -0.406 e. The van der Waals surface area contributed by atoms with Gasteiger partial charge in [0.15, 0.2) is 0 Å². The number of nitrogens with zero attached hydrogens (tertiary/aromatic N) is 5. The van der Waals surface area contributed by atoms with Crippen molar-refractivity contribution in [2.75, 3.05) is 6.54 Å². The van der Waals surface area contributed by atoms with Gasteiger partial charge >= 0.3 is 6.36 Å². The van der Waals surface area contributed by atoms with Gasteiger partial charge in [0.05, 0.1) is 5.69 Å². The summed E-state index contributed by atoms with van der Waals surface area (Å²) < 4.78 is 40.5. The van der Waals surface area contributed by atoms with E-state index in [9.17, 15) is 18.0 Å². The van der Waals surface area contributed by atoms with Gasteiger partial charge in [-0.25, -0.2) is 0 Å². The Morgan fingerprint density at radius 1 is 1.04 bits per heavy atom. The van der Waals surface area contributed by atoms with E-state index in [0.717, 1.165) is 28.9 Å². The van der Waals surface area contributed by atoms with Gasteiger partial charge in [-0.3, -0.25) is 4.79 Å². The molecule has 10 heteroatoms. The zero-order valence-corrected chi connectivity index (χ0v) is 14.4. The topological polar surface area (TPSA) is 73.1 Å². The Balaban J connectivity index is 1.48. The molecule has 1 aliphatic heterocycles. The van der Waals surface area contributed by atoms with Gasteiger partial charge in [0.1, 0.15) is 5.75 Å². The molecule has 0 aliphatic carbocycles. The van der Waals surface area contributed by atoms with Gasteiger partial charge in [-0.15, -0.1) is 28.2 Å². The Morgan fingerprint density at radius 2 is 1.75 bits per heavy atom. The molecule has 0 N–H and O–H groups in total. The van der Waals surface area contributed by atoms with Crippen molar-refractivity contribution in [3.8, 4) is 11.4 Å². The van der Waals surface area contributed by atoms with Crippen LogP contribution in [0.5, 0.6) is 5.75 Å². The molecular weight excluding hydrogens is 375 g/mol. The van der Waals surface area contributed by atoms with E-state index in [2.05, 4.69) is 20.1 Å². The first-order chi connectivity index (χ1) is 13.4. The minimum absolute atomic E-state index is 0.0741. The number of halogens is 3. The van der Waals surface area contributed by atoms with Crippen LogP contribution in [0.1, 0.15) is 21.7 Å². The second-order valence-corrected chi connectivity index (χ2v) is 6.19. The first-order valence-corrected chi connectivity index (χ1v) is 8.41. The number of hydrogen-bond acceptors (Lipinski definition) is 5. The normalized spacial score (nSPS) is 13.9. The number of carbonyl (C=O) groups is 1. The van der Waals surface area contributed by atoms with Crippen LogP contribution in [-0.4, -0.2) is 43.9 Å². The summed E-state index contributed by atoms with van der Waals surface area (Å²) in [6.07, 6.45) is -4.02. The van der Waals surface area contributed by atoms with Crippen LogP contribution < -0.4 is 4.74 Å². The quantitative estimate of drug-likeness (QED) is 0.689. The Bertz CT molecular complexity index is 1000. The molecule has 0 saturated heterocycles. The molecule has 0 spiro atoms. The molecule has 144 valence electrons. The van der Waals surface area contributed by atoms with Crippen LogP contribution in [0.15, 0.2) is 48.5 Å². The predicted octanol–water partition coefficient (Wildman–Crippen LogP) is 2.76. The molecule has 1 amide bonds. The number of rotatable bonds is 3. The van der Waals surface area contributed by atoms with Crippen LogP contribution in [0.25, 0.3) is 5.69 Å². The lowest BCUT2D eigenvalue weighted by molar-refractivity contribution is -0.274. The van der Waals surface area contributed by atoms with Crippen molar-refractivity contribution in [1.82, 2.24) is 25.1 Å². The number of hydrogen-bond donors (Lipinski definition) is 0. The van der Waals surface area contributed by atoms with Crippen LogP contribution in [-0.2, 0) is 13.0 Å². The lowest BCUT2D eigenvalue weighted by Crippen LogP contribution is -2.36. The molecule has 2 aromatic carbocycles. The molecule has 28 heavy (non-hydrogen) atoms. The van der Waals surface area contributed by atoms with E-state index in [4.69, 9.17) is 0 Å². The zero-order chi connectivity index (χ0) is 19.7. The molecule has 3 aromatic rings. The standard InChI is InChI=1S/C18H14F3N5O2/c19-18(20,21)28-15-7-5-14(6-8-15)26-23-16(22-24-26)17(27)25-10-9-12-3-1-2-4-13(12)11-25/h1-8H,9-11H2. The van der Waals surface area contributed by atoms with Crippen molar-refractivity contribution < 1.29 is 22.7 Å². The van der Waals surface area contributed by atoms with Crippen LogP contribution in [0.3, 0.4) is 0 Å². The number of carbonyl (C=O) groups excluding carboxylic acids is 1. The molecule has 1 aliphatic rings. The highest BCUT2D eigenvalue weighted by Gasteiger charge is 2.31. The number of tetrazole rings is 1. The fraction of sp³-hybridized carbons (Fsp3) is 0.222. The SMILES string of the molecule is O=C(c1nnn(-c2ccc(OC(F)(F)F)cc2)n1)N1CCc2ccccc2C1. The molecule has 2 heterocycles. The molecule has 4 rings (SSSR count). The van der Waals surface area contributed by atoms with Crippen LogP contribution in [0, 0.1) is 0 Å². The maximum atomic E-state index is 12.7. The lowest BCUT2D eigenvalue weighted by Gasteiger charge is -2.27. The molecule has 0 bridgehead atoms. The average molecular weight is 389 g/mol. The van der Waals surface area contributed by atoms with Crippen molar-refractivity contribution in [1.29, 1.82) is 0 Å². The van der Waals surface area contributed by atoms with Gasteiger partial charge in [0.2, 0.25) is 0 Å². The first-order valence-electron chi connectivity index (χ1n) is 8.41. The maximum Gasteiger partial charge on any atom is 0.573 e. The van der Waals surface area contributed by atoms with E-state index in [-0.39, 0.29) is 17.5 Å². The first kappa shape index (κ1) is 18.0. The van der Waals surface area contributed by atoms with E-state index >= 15 is 0 Å². The van der Waals surface area contributed by atoms with Gasteiger partial charge < -0.3 is 9.64 Å². The van der Waals surface area contributed by atoms with Gasteiger partial charge in [-0.05, 0) is 47.0 Å². The Labute approximate surface area is 157 Å². The Morgan fingerprint density at radius 3 is 2.46 bits per heavy atom. The highest BCUT2D eigenvalue weighted by Crippen LogP contribution is 2.23. The molecule has 1 aromatic heterocycles. The second kappa shape index (κ2) is 6.95. The van der Waals surface area contributed by atoms with Crippen molar-refractivity contribution in [3.63, 3.8) is 0 Å². The van der Waals surface area contributed by atoms with E-state index in [1.807, 2.05) is 24.3 Å². The number of benzene rings is 2. The third kappa shape index (κ3) is 3.80. The lowest BCUT2D eigenvalue weighted by atomic mass is 10.00. The summed E-state index contributed by atoms with van der Waals surface area (Å²) in [4.78, 5) is 15.4. The zero-order valence-electron chi connectivity index (χ0n) is 14.4. The fourth-order valence-corrected chi connectivity index (χ4v) is 3.00. The van der Waals surface area contributed by atoms with Crippen molar-refractivity contribution in [3.05, 3.63) is 65.5 Å². The monoisotopic (exact) mass is 389 g/mol. The highest BCUT2D eigenvalue weighted by atomic mass is 19.4. The van der Waals surface area contributed by atoms with Gasteiger partial charge in [-0.2, -0.15) is 0 Å². The van der Waals surface area contributed by atoms with Crippen molar-refractivity contribution in [2.45, 2.75) is 19.3 Å². The van der Waals surface area contributed by atoms with E-state index in [0.29, 0.717) is 18.8 Å². The summed E-state index contributed by atoms with van der Waals surface area (Å²) in [5.74, 6) is -0.785. The largest absolute Gasteiger partial charge is 0.573 e. The number of aromatic nitrogens is 4. The summed E-state index contributed by atoms with van der Waals surface area (Å²) in [6, 6.07) is 12.9. The van der Waals surface area contributed by atoms with Crippen molar-refractivity contribution in [2.24, 2.45) is 0 Å². The fourth-order valence-electron chi connectivity index (χ4n) is 3.00. The minimum atomic E-state index is -4.76. The molecule has 0 unspecified atom stereocenters.